The van der Waals surface area contributed by atoms with E-state index in [-0.39, 0.29) is 24.0 Å². The molecular formula is C19H26IN3O2. The molecule has 25 heavy (non-hydrogen) atoms. The van der Waals surface area contributed by atoms with E-state index in [4.69, 9.17) is 9.15 Å². The van der Waals surface area contributed by atoms with Crippen LogP contribution in [0.1, 0.15) is 23.8 Å². The van der Waals surface area contributed by atoms with E-state index in [2.05, 4.69) is 40.7 Å². The number of nitrogens with one attached hydrogen (secondary N) is 2. The number of aliphatic imine (C=N–C) groups is 1. The predicted molar refractivity (Wildman–Crippen MR) is 111 cm³/mol. The van der Waals surface area contributed by atoms with E-state index in [9.17, 15) is 0 Å². The summed E-state index contributed by atoms with van der Waals surface area (Å²) in [6.45, 7) is 5.29. The largest absolute Gasteiger partial charge is 0.493 e. The summed E-state index contributed by atoms with van der Waals surface area (Å²) in [4.78, 5) is 4.59. The number of rotatable bonds is 7. The van der Waals surface area contributed by atoms with E-state index in [0.717, 1.165) is 56.4 Å². The fraction of sp³-hybridized carbons (Fsp3) is 0.421. The van der Waals surface area contributed by atoms with Gasteiger partial charge in [-0.1, -0.05) is 12.1 Å². The van der Waals surface area contributed by atoms with E-state index < -0.39 is 0 Å². The summed E-state index contributed by atoms with van der Waals surface area (Å²) in [6, 6.07) is 10.4. The molecule has 0 bridgehead atoms. The maximum Gasteiger partial charge on any atom is 0.191 e. The van der Waals surface area contributed by atoms with Crippen molar-refractivity contribution in [3.05, 3.63) is 53.5 Å². The first-order valence-electron chi connectivity index (χ1n) is 8.64. The number of ether oxygens (including phenoxy) is 1. The molecule has 2 heterocycles. The Labute approximate surface area is 166 Å². The van der Waals surface area contributed by atoms with Crippen LogP contribution in [0.3, 0.4) is 0 Å². The van der Waals surface area contributed by atoms with Crippen LogP contribution in [0.2, 0.25) is 0 Å². The van der Waals surface area contributed by atoms with Gasteiger partial charge < -0.3 is 19.8 Å². The van der Waals surface area contributed by atoms with Crippen LogP contribution in [0.5, 0.6) is 5.75 Å². The highest BCUT2D eigenvalue weighted by Crippen LogP contribution is 2.25. The molecular weight excluding hydrogens is 429 g/mol. The molecule has 0 saturated heterocycles. The molecule has 0 aliphatic carbocycles. The van der Waals surface area contributed by atoms with Gasteiger partial charge in [0, 0.05) is 32.5 Å². The Morgan fingerprint density at radius 3 is 2.92 bits per heavy atom. The average molecular weight is 455 g/mol. The maximum atomic E-state index is 5.55. The van der Waals surface area contributed by atoms with Crippen molar-refractivity contribution in [2.24, 2.45) is 4.99 Å². The van der Waals surface area contributed by atoms with Crippen LogP contribution in [0, 0.1) is 0 Å². The second-order valence-electron chi connectivity index (χ2n) is 5.81. The van der Waals surface area contributed by atoms with Gasteiger partial charge in [0.05, 0.1) is 12.9 Å². The highest BCUT2D eigenvalue weighted by Gasteiger charge is 2.11. The van der Waals surface area contributed by atoms with Gasteiger partial charge in [-0.2, -0.15) is 0 Å². The normalized spacial score (nSPS) is 12.9. The summed E-state index contributed by atoms with van der Waals surface area (Å²) in [7, 11) is 0. The summed E-state index contributed by atoms with van der Waals surface area (Å²) in [5.41, 5.74) is 2.66. The molecule has 1 aromatic carbocycles. The zero-order chi connectivity index (χ0) is 16.6. The molecule has 1 aliphatic heterocycles. The summed E-state index contributed by atoms with van der Waals surface area (Å²) in [5, 5.41) is 6.67. The van der Waals surface area contributed by atoms with Gasteiger partial charge in [0.2, 0.25) is 0 Å². The average Bonchev–Trinajstić information content (AvgIpc) is 3.25. The van der Waals surface area contributed by atoms with Crippen molar-refractivity contribution in [3.8, 4) is 5.75 Å². The number of hydrogen-bond acceptors (Lipinski definition) is 3. The lowest BCUT2D eigenvalue weighted by Gasteiger charge is -2.11. The van der Waals surface area contributed by atoms with Gasteiger partial charge in [0.1, 0.15) is 11.5 Å². The fourth-order valence-corrected chi connectivity index (χ4v) is 2.80. The Bertz CT molecular complexity index is 671. The first-order chi connectivity index (χ1) is 11.8. The summed E-state index contributed by atoms with van der Waals surface area (Å²) in [5.74, 6) is 2.86. The Kier molecular flexibility index (Phi) is 8.11. The zero-order valence-corrected chi connectivity index (χ0v) is 16.9. The highest BCUT2D eigenvalue weighted by molar-refractivity contribution is 14.0. The lowest BCUT2D eigenvalue weighted by atomic mass is 10.1. The third-order valence-electron chi connectivity index (χ3n) is 4.01. The molecule has 0 spiro atoms. The van der Waals surface area contributed by atoms with Gasteiger partial charge in [-0.3, -0.25) is 4.99 Å². The number of halogens is 1. The minimum atomic E-state index is 0. The highest BCUT2D eigenvalue weighted by atomic mass is 127. The Morgan fingerprint density at radius 2 is 2.12 bits per heavy atom. The third kappa shape index (κ3) is 5.95. The van der Waals surface area contributed by atoms with Crippen molar-refractivity contribution in [2.45, 2.75) is 26.2 Å². The Hall–Kier alpha value is -1.70. The van der Waals surface area contributed by atoms with Crippen LogP contribution in [0.15, 0.2) is 46.0 Å². The SMILES string of the molecule is CCNC(=NCCc1ccco1)NCCc1ccc2c(c1)CCO2.I. The summed E-state index contributed by atoms with van der Waals surface area (Å²) in [6.07, 6.45) is 4.50. The van der Waals surface area contributed by atoms with E-state index in [0.29, 0.717) is 6.54 Å². The topological polar surface area (TPSA) is 58.8 Å². The fourth-order valence-electron chi connectivity index (χ4n) is 2.80. The number of benzene rings is 1. The van der Waals surface area contributed by atoms with Crippen molar-refractivity contribution in [2.75, 3.05) is 26.2 Å². The van der Waals surface area contributed by atoms with Crippen LogP contribution in [0.25, 0.3) is 0 Å². The van der Waals surface area contributed by atoms with Crippen molar-refractivity contribution in [1.82, 2.24) is 10.6 Å². The molecule has 0 radical (unpaired) electrons. The van der Waals surface area contributed by atoms with Crippen LogP contribution < -0.4 is 15.4 Å². The predicted octanol–water partition coefficient (Wildman–Crippen LogP) is 3.17. The maximum absolute atomic E-state index is 5.55. The molecule has 0 fully saturated rings. The lowest BCUT2D eigenvalue weighted by molar-refractivity contribution is 0.357. The molecule has 1 aromatic heterocycles. The molecule has 2 aromatic rings. The van der Waals surface area contributed by atoms with Gasteiger partial charge in [-0.15, -0.1) is 24.0 Å². The monoisotopic (exact) mass is 455 g/mol. The standard InChI is InChI=1S/C19H25N3O2.HI/c1-2-20-19(22-11-8-17-4-3-12-23-17)21-10-7-15-5-6-18-16(14-15)9-13-24-18;/h3-6,12,14H,2,7-11,13H2,1H3,(H2,20,21,22);1H. The second-order valence-corrected chi connectivity index (χ2v) is 5.81. The molecule has 1 aliphatic rings. The first-order valence-corrected chi connectivity index (χ1v) is 8.64. The van der Waals surface area contributed by atoms with E-state index in [1.54, 1.807) is 6.26 Å². The smallest absolute Gasteiger partial charge is 0.191 e. The number of furan rings is 1. The number of hydrogen-bond donors (Lipinski definition) is 2. The second kappa shape index (κ2) is 10.3. The Morgan fingerprint density at radius 1 is 1.20 bits per heavy atom. The van der Waals surface area contributed by atoms with Crippen LogP contribution in [0.4, 0.5) is 0 Å². The molecule has 0 amide bonds. The molecule has 2 N–H and O–H groups in total. The molecule has 0 atom stereocenters. The lowest BCUT2D eigenvalue weighted by Crippen LogP contribution is -2.38. The van der Waals surface area contributed by atoms with Crippen molar-refractivity contribution in [1.29, 1.82) is 0 Å². The van der Waals surface area contributed by atoms with Crippen LogP contribution >= 0.6 is 24.0 Å². The molecule has 0 saturated carbocycles. The third-order valence-corrected chi connectivity index (χ3v) is 4.01. The van der Waals surface area contributed by atoms with Gasteiger partial charge in [-0.05, 0) is 42.7 Å². The minimum Gasteiger partial charge on any atom is -0.493 e. The molecule has 6 heteroatoms. The van der Waals surface area contributed by atoms with Gasteiger partial charge in [0.25, 0.3) is 0 Å². The van der Waals surface area contributed by atoms with Gasteiger partial charge in [0.15, 0.2) is 5.96 Å². The zero-order valence-electron chi connectivity index (χ0n) is 14.6. The summed E-state index contributed by atoms with van der Waals surface area (Å²) >= 11 is 0. The Balaban J connectivity index is 0.00000225. The molecule has 0 unspecified atom stereocenters. The van der Waals surface area contributed by atoms with Crippen molar-refractivity contribution >= 4 is 29.9 Å². The van der Waals surface area contributed by atoms with E-state index in [1.165, 1.54) is 11.1 Å². The number of guanidine groups is 1. The van der Waals surface area contributed by atoms with Crippen LogP contribution in [-0.4, -0.2) is 32.2 Å². The van der Waals surface area contributed by atoms with Crippen molar-refractivity contribution < 1.29 is 9.15 Å². The quantitative estimate of drug-likeness (QED) is 0.383. The number of nitrogens with zero attached hydrogens (tertiary/aromatic N) is 1. The van der Waals surface area contributed by atoms with Crippen molar-refractivity contribution in [3.63, 3.8) is 0 Å². The molecule has 136 valence electrons. The minimum absolute atomic E-state index is 0. The first kappa shape index (κ1) is 19.6. The summed E-state index contributed by atoms with van der Waals surface area (Å²) < 4.78 is 10.9. The molecule has 3 rings (SSSR count). The van der Waals surface area contributed by atoms with Crippen LogP contribution in [-0.2, 0) is 19.3 Å². The van der Waals surface area contributed by atoms with E-state index in [1.807, 2.05) is 12.1 Å². The number of fused-ring (bicyclic) bond motifs is 1. The van der Waals surface area contributed by atoms with Gasteiger partial charge >= 0.3 is 0 Å². The van der Waals surface area contributed by atoms with Gasteiger partial charge in [-0.25, -0.2) is 0 Å². The molecule has 5 nitrogen and oxygen atoms in total. The van der Waals surface area contributed by atoms with E-state index >= 15 is 0 Å².